The predicted octanol–water partition coefficient (Wildman–Crippen LogP) is 0.958. The van der Waals surface area contributed by atoms with Crippen molar-refractivity contribution in [2.24, 2.45) is 5.92 Å². The summed E-state index contributed by atoms with van der Waals surface area (Å²) >= 11 is 0. The van der Waals surface area contributed by atoms with Gasteiger partial charge in [0.05, 0.1) is 0 Å². The van der Waals surface area contributed by atoms with E-state index in [1.54, 1.807) is 0 Å². The Hall–Kier alpha value is -0.530. The summed E-state index contributed by atoms with van der Waals surface area (Å²) in [4.78, 5) is 9.69. The highest BCUT2D eigenvalue weighted by Crippen LogP contribution is 2.35. The fourth-order valence-electron chi connectivity index (χ4n) is 0.887. The van der Waals surface area contributed by atoms with Crippen LogP contribution in [0.4, 0.5) is 0 Å². The van der Waals surface area contributed by atoms with Gasteiger partial charge >= 0.3 is 0 Å². The van der Waals surface area contributed by atoms with Crippen LogP contribution in [0.5, 0.6) is 0 Å². The summed E-state index contributed by atoms with van der Waals surface area (Å²) < 4.78 is 4.68. The second-order valence-corrected chi connectivity index (χ2v) is 2.17. The van der Waals surface area contributed by atoms with Crippen LogP contribution in [0.3, 0.4) is 0 Å². The molecule has 46 valence electrons. The van der Waals surface area contributed by atoms with E-state index in [2.05, 4.69) is 11.7 Å². The van der Waals surface area contributed by atoms with Gasteiger partial charge in [-0.2, -0.15) is 0 Å². The van der Waals surface area contributed by atoms with E-state index in [9.17, 15) is 4.79 Å². The minimum Gasteiger partial charge on any atom is -0.464 e. The smallest absolute Gasteiger partial charge is 0.293 e. The number of hydrogen-bond donors (Lipinski definition) is 0. The Morgan fingerprint density at radius 2 is 2.62 bits per heavy atom. The third-order valence-electron chi connectivity index (χ3n) is 1.61. The van der Waals surface area contributed by atoms with Crippen molar-refractivity contribution < 1.29 is 9.53 Å². The second-order valence-electron chi connectivity index (χ2n) is 2.17. The van der Waals surface area contributed by atoms with Crippen LogP contribution in [0.1, 0.15) is 19.8 Å². The summed E-state index contributed by atoms with van der Waals surface area (Å²) in [5, 5.41) is 0. The molecule has 0 aromatic carbocycles. The Morgan fingerprint density at radius 1 is 1.88 bits per heavy atom. The quantitative estimate of drug-likeness (QED) is 0.511. The molecular formula is C6H10O2. The van der Waals surface area contributed by atoms with Crippen LogP contribution in [0.25, 0.3) is 0 Å². The first-order chi connectivity index (χ1) is 3.88. The molecule has 0 aromatic rings. The molecule has 1 rings (SSSR count). The van der Waals surface area contributed by atoms with Gasteiger partial charge in [0.15, 0.2) is 0 Å². The molecule has 1 saturated carbocycles. The number of carbonyl (C=O) groups is 1. The van der Waals surface area contributed by atoms with E-state index in [0.717, 1.165) is 12.8 Å². The first-order valence-corrected chi connectivity index (χ1v) is 2.97. The van der Waals surface area contributed by atoms with Gasteiger partial charge in [-0.3, -0.25) is 4.79 Å². The number of rotatable bonds is 3. The van der Waals surface area contributed by atoms with Crippen LogP contribution in [0, 0.1) is 5.92 Å². The van der Waals surface area contributed by atoms with E-state index in [1.165, 1.54) is 0 Å². The Balaban J connectivity index is 2.07. The van der Waals surface area contributed by atoms with Gasteiger partial charge in [-0.15, -0.1) is 0 Å². The highest BCUT2D eigenvalue weighted by atomic mass is 16.5. The van der Waals surface area contributed by atoms with Crippen molar-refractivity contribution in [2.45, 2.75) is 25.9 Å². The van der Waals surface area contributed by atoms with E-state index in [-0.39, 0.29) is 6.10 Å². The van der Waals surface area contributed by atoms with Crippen LogP contribution in [0.15, 0.2) is 0 Å². The second kappa shape index (κ2) is 2.16. The molecule has 0 radical (unpaired) electrons. The molecule has 0 saturated heterocycles. The maximum Gasteiger partial charge on any atom is 0.293 e. The average Bonchev–Trinajstić information content (AvgIpc) is 2.48. The zero-order chi connectivity index (χ0) is 5.98. The van der Waals surface area contributed by atoms with Crippen molar-refractivity contribution in [1.82, 2.24) is 0 Å². The predicted molar refractivity (Wildman–Crippen MR) is 29.3 cm³/mol. The molecule has 0 bridgehead atoms. The van der Waals surface area contributed by atoms with Crippen LogP contribution >= 0.6 is 0 Å². The summed E-state index contributed by atoms with van der Waals surface area (Å²) in [5.41, 5.74) is 0. The standard InChI is InChI=1S/C6H10O2/c1-2-5-3-6(5)8-4-7/h4-6H,2-3H2,1H3. The van der Waals surface area contributed by atoms with Crippen molar-refractivity contribution >= 4 is 6.47 Å². The van der Waals surface area contributed by atoms with Gasteiger partial charge in [-0.25, -0.2) is 0 Å². The molecule has 0 N–H and O–H groups in total. The molecule has 2 atom stereocenters. The summed E-state index contributed by atoms with van der Waals surface area (Å²) in [6.45, 7) is 2.65. The van der Waals surface area contributed by atoms with Crippen LogP contribution in [-0.2, 0) is 9.53 Å². The minimum atomic E-state index is 0.262. The minimum absolute atomic E-state index is 0.262. The SMILES string of the molecule is CCC1CC1OC=O. The zero-order valence-electron chi connectivity index (χ0n) is 4.96. The normalized spacial score (nSPS) is 34.1. The maximum atomic E-state index is 9.69. The molecule has 2 heteroatoms. The lowest BCUT2D eigenvalue weighted by Crippen LogP contribution is -1.92. The van der Waals surface area contributed by atoms with E-state index in [1.807, 2.05) is 0 Å². The van der Waals surface area contributed by atoms with Crippen molar-refractivity contribution in [3.8, 4) is 0 Å². The van der Waals surface area contributed by atoms with E-state index >= 15 is 0 Å². The van der Waals surface area contributed by atoms with Gasteiger partial charge in [0.1, 0.15) is 6.10 Å². The number of carbonyl (C=O) groups excluding carboxylic acids is 1. The molecule has 0 spiro atoms. The van der Waals surface area contributed by atoms with Crippen molar-refractivity contribution in [2.75, 3.05) is 0 Å². The summed E-state index contributed by atoms with van der Waals surface area (Å²) in [7, 11) is 0. The molecular weight excluding hydrogens is 104 g/mol. The largest absolute Gasteiger partial charge is 0.464 e. The lowest BCUT2D eigenvalue weighted by atomic mass is 10.3. The molecule has 0 amide bonds. The fourth-order valence-corrected chi connectivity index (χ4v) is 0.887. The molecule has 1 aliphatic rings. The summed E-state index contributed by atoms with van der Waals surface area (Å²) in [5.74, 6) is 0.667. The number of hydrogen-bond acceptors (Lipinski definition) is 2. The summed E-state index contributed by atoms with van der Waals surface area (Å²) in [6.07, 6.45) is 2.48. The molecule has 1 fully saturated rings. The molecule has 0 heterocycles. The van der Waals surface area contributed by atoms with Gasteiger partial charge in [0.2, 0.25) is 0 Å². The molecule has 0 aromatic heterocycles. The molecule has 1 aliphatic carbocycles. The Kier molecular flexibility index (Phi) is 1.51. The average molecular weight is 114 g/mol. The first kappa shape index (κ1) is 5.60. The van der Waals surface area contributed by atoms with Crippen molar-refractivity contribution in [1.29, 1.82) is 0 Å². The zero-order valence-corrected chi connectivity index (χ0v) is 4.96. The monoisotopic (exact) mass is 114 g/mol. The highest BCUT2D eigenvalue weighted by molar-refractivity contribution is 5.38. The Bertz CT molecular complexity index is 90.5. The Morgan fingerprint density at radius 3 is 3.00 bits per heavy atom. The van der Waals surface area contributed by atoms with Gasteiger partial charge in [0.25, 0.3) is 6.47 Å². The van der Waals surface area contributed by atoms with Gasteiger partial charge in [-0.1, -0.05) is 6.92 Å². The molecule has 2 unspecified atom stereocenters. The topological polar surface area (TPSA) is 26.3 Å². The Labute approximate surface area is 48.8 Å². The van der Waals surface area contributed by atoms with Crippen molar-refractivity contribution in [3.05, 3.63) is 0 Å². The first-order valence-electron chi connectivity index (χ1n) is 2.97. The van der Waals surface area contributed by atoms with Crippen molar-refractivity contribution in [3.63, 3.8) is 0 Å². The molecule has 2 nitrogen and oxygen atoms in total. The van der Waals surface area contributed by atoms with Crippen LogP contribution in [-0.4, -0.2) is 12.6 Å². The maximum absolute atomic E-state index is 9.69. The molecule has 8 heavy (non-hydrogen) atoms. The third-order valence-corrected chi connectivity index (χ3v) is 1.61. The van der Waals surface area contributed by atoms with Gasteiger partial charge in [0, 0.05) is 0 Å². The van der Waals surface area contributed by atoms with E-state index in [0.29, 0.717) is 12.4 Å². The van der Waals surface area contributed by atoms with E-state index in [4.69, 9.17) is 0 Å². The van der Waals surface area contributed by atoms with Crippen LogP contribution in [0.2, 0.25) is 0 Å². The lowest BCUT2D eigenvalue weighted by molar-refractivity contribution is -0.130. The molecule has 0 aliphatic heterocycles. The van der Waals surface area contributed by atoms with Crippen LogP contribution < -0.4 is 0 Å². The van der Waals surface area contributed by atoms with Gasteiger partial charge in [-0.05, 0) is 18.8 Å². The van der Waals surface area contributed by atoms with Gasteiger partial charge < -0.3 is 4.74 Å². The fraction of sp³-hybridized carbons (Fsp3) is 0.833. The third kappa shape index (κ3) is 0.997. The van der Waals surface area contributed by atoms with E-state index < -0.39 is 0 Å². The lowest BCUT2D eigenvalue weighted by Gasteiger charge is -1.90. The summed E-state index contributed by atoms with van der Waals surface area (Å²) in [6, 6.07) is 0. The number of ether oxygens (including phenoxy) is 1. The highest BCUT2D eigenvalue weighted by Gasteiger charge is 2.37.